The summed E-state index contributed by atoms with van der Waals surface area (Å²) in [4.78, 5) is 2.15. The lowest BCUT2D eigenvalue weighted by atomic mass is 9.98. The van der Waals surface area contributed by atoms with Crippen molar-refractivity contribution in [1.29, 1.82) is 5.26 Å². The number of nitriles is 1. The third kappa shape index (κ3) is 3.55. The van der Waals surface area contributed by atoms with Crippen LogP contribution in [0.3, 0.4) is 0 Å². The largest absolute Gasteiger partial charge is 0.493 e. The highest BCUT2D eigenvalue weighted by atomic mass is 32.2. The van der Waals surface area contributed by atoms with Crippen LogP contribution in [0.1, 0.15) is 24.8 Å². The Kier molecular flexibility index (Phi) is 5.74. The first kappa shape index (κ1) is 16.3. The standard InChI is InChI=1S/C18H19NO2S/c1-4-13(12-19)15-7-5-6-8-18(15)22-14-9-10-16(20-2)17(11-14)21-3/h5-11,13H,4H2,1-3H3. The highest BCUT2D eigenvalue weighted by Crippen LogP contribution is 2.38. The zero-order chi connectivity index (χ0) is 15.9. The molecule has 0 aliphatic rings. The number of hydrogen-bond donors (Lipinski definition) is 0. The van der Waals surface area contributed by atoms with E-state index in [4.69, 9.17) is 9.47 Å². The zero-order valence-electron chi connectivity index (χ0n) is 13.0. The van der Waals surface area contributed by atoms with Gasteiger partial charge in [0.05, 0.1) is 26.2 Å². The van der Waals surface area contributed by atoms with Gasteiger partial charge in [-0.2, -0.15) is 5.26 Å². The number of ether oxygens (including phenoxy) is 2. The molecule has 0 bridgehead atoms. The molecule has 0 aliphatic heterocycles. The van der Waals surface area contributed by atoms with Crippen LogP contribution in [-0.2, 0) is 0 Å². The van der Waals surface area contributed by atoms with Gasteiger partial charge in [0.25, 0.3) is 0 Å². The lowest BCUT2D eigenvalue weighted by molar-refractivity contribution is 0.354. The normalized spacial score (nSPS) is 11.5. The van der Waals surface area contributed by atoms with E-state index in [1.54, 1.807) is 26.0 Å². The summed E-state index contributed by atoms with van der Waals surface area (Å²) in [5.41, 5.74) is 1.08. The van der Waals surface area contributed by atoms with Crippen LogP contribution in [0.2, 0.25) is 0 Å². The fourth-order valence-electron chi connectivity index (χ4n) is 2.25. The molecule has 2 aromatic rings. The maximum atomic E-state index is 9.32. The molecule has 0 spiro atoms. The van der Waals surface area contributed by atoms with Gasteiger partial charge in [-0.05, 0) is 36.2 Å². The van der Waals surface area contributed by atoms with E-state index in [0.717, 1.165) is 21.8 Å². The van der Waals surface area contributed by atoms with Gasteiger partial charge in [-0.15, -0.1) is 0 Å². The highest BCUT2D eigenvalue weighted by molar-refractivity contribution is 7.99. The van der Waals surface area contributed by atoms with Crippen molar-refractivity contribution in [2.45, 2.75) is 29.1 Å². The molecule has 0 aromatic heterocycles. The van der Waals surface area contributed by atoms with Crippen molar-refractivity contribution in [3.05, 3.63) is 48.0 Å². The van der Waals surface area contributed by atoms with E-state index in [9.17, 15) is 5.26 Å². The molecule has 2 rings (SSSR count). The summed E-state index contributed by atoms with van der Waals surface area (Å²) in [6.45, 7) is 2.03. The van der Waals surface area contributed by atoms with E-state index >= 15 is 0 Å². The van der Waals surface area contributed by atoms with Crippen molar-refractivity contribution in [2.75, 3.05) is 14.2 Å². The van der Waals surface area contributed by atoms with Crippen LogP contribution < -0.4 is 9.47 Å². The average Bonchev–Trinajstić information content (AvgIpc) is 2.57. The van der Waals surface area contributed by atoms with E-state index in [0.29, 0.717) is 11.5 Å². The van der Waals surface area contributed by atoms with Crippen molar-refractivity contribution in [1.82, 2.24) is 0 Å². The molecule has 0 saturated carbocycles. The first-order valence-corrected chi connectivity index (χ1v) is 7.93. The van der Waals surface area contributed by atoms with E-state index in [2.05, 4.69) is 12.1 Å². The number of nitrogens with zero attached hydrogens (tertiary/aromatic N) is 1. The molecule has 3 nitrogen and oxygen atoms in total. The van der Waals surface area contributed by atoms with E-state index in [1.165, 1.54) is 0 Å². The van der Waals surface area contributed by atoms with Crippen LogP contribution in [-0.4, -0.2) is 14.2 Å². The Bertz CT molecular complexity index is 679. The third-order valence-electron chi connectivity index (χ3n) is 3.44. The molecular weight excluding hydrogens is 294 g/mol. The van der Waals surface area contributed by atoms with Crippen molar-refractivity contribution >= 4 is 11.8 Å². The Labute approximate surface area is 135 Å². The van der Waals surface area contributed by atoms with Gasteiger partial charge in [-0.25, -0.2) is 0 Å². The molecule has 0 N–H and O–H groups in total. The summed E-state index contributed by atoms with van der Waals surface area (Å²) >= 11 is 1.64. The second-order valence-electron chi connectivity index (χ2n) is 4.75. The molecular formula is C18H19NO2S. The van der Waals surface area contributed by atoms with E-state index < -0.39 is 0 Å². The Morgan fingerprint density at radius 1 is 1.09 bits per heavy atom. The first-order chi connectivity index (χ1) is 10.7. The Morgan fingerprint density at radius 3 is 2.45 bits per heavy atom. The zero-order valence-corrected chi connectivity index (χ0v) is 13.8. The van der Waals surface area contributed by atoms with Crippen LogP contribution in [0.25, 0.3) is 0 Å². The highest BCUT2D eigenvalue weighted by Gasteiger charge is 2.14. The molecule has 0 radical (unpaired) electrons. The third-order valence-corrected chi connectivity index (χ3v) is 4.52. The fraction of sp³-hybridized carbons (Fsp3) is 0.278. The monoisotopic (exact) mass is 313 g/mol. The van der Waals surface area contributed by atoms with Gasteiger partial charge in [0, 0.05) is 9.79 Å². The molecule has 0 fully saturated rings. The van der Waals surface area contributed by atoms with Gasteiger partial charge in [0.1, 0.15) is 0 Å². The molecule has 0 aliphatic carbocycles. The molecule has 1 unspecified atom stereocenters. The summed E-state index contributed by atoms with van der Waals surface area (Å²) in [7, 11) is 3.25. The van der Waals surface area contributed by atoms with Gasteiger partial charge in [0.2, 0.25) is 0 Å². The maximum absolute atomic E-state index is 9.32. The van der Waals surface area contributed by atoms with Crippen molar-refractivity contribution in [3.63, 3.8) is 0 Å². The number of rotatable bonds is 6. The average molecular weight is 313 g/mol. The predicted octanol–water partition coefficient (Wildman–Crippen LogP) is 4.87. The Morgan fingerprint density at radius 2 is 1.82 bits per heavy atom. The first-order valence-electron chi connectivity index (χ1n) is 7.11. The van der Waals surface area contributed by atoms with Gasteiger partial charge in [-0.3, -0.25) is 0 Å². The summed E-state index contributed by atoms with van der Waals surface area (Å²) in [6.07, 6.45) is 0.806. The molecule has 2 aromatic carbocycles. The predicted molar refractivity (Wildman–Crippen MR) is 88.8 cm³/mol. The quantitative estimate of drug-likeness (QED) is 0.763. The molecule has 0 saturated heterocycles. The lowest BCUT2D eigenvalue weighted by Gasteiger charge is -2.14. The number of benzene rings is 2. The van der Waals surface area contributed by atoms with Crippen LogP contribution in [0.15, 0.2) is 52.3 Å². The second-order valence-corrected chi connectivity index (χ2v) is 5.86. The van der Waals surface area contributed by atoms with Gasteiger partial charge >= 0.3 is 0 Å². The minimum absolute atomic E-state index is 0.0798. The van der Waals surface area contributed by atoms with E-state index in [1.807, 2.05) is 43.3 Å². The molecule has 0 heterocycles. The summed E-state index contributed by atoms with van der Waals surface area (Å²) in [5.74, 6) is 1.34. The Hall–Kier alpha value is -2.12. The minimum atomic E-state index is -0.0798. The molecule has 22 heavy (non-hydrogen) atoms. The molecule has 114 valence electrons. The van der Waals surface area contributed by atoms with Crippen LogP contribution >= 0.6 is 11.8 Å². The summed E-state index contributed by atoms with van der Waals surface area (Å²) in [5, 5.41) is 9.32. The second kappa shape index (κ2) is 7.77. The molecule has 4 heteroatoms. The summed E-state index contributed by atoms with van der Waals surface area (Å²) in [6, 6.07) is 16.3. The van der Waals surface area contributed by atoms with Crippen LogP contribution in [0, 0.1) is 11.3 Å². The van der Waals surface area contributed by atoms with Gasteiger partial charge < -0.3 is 9.47 Å². The van der Waals surface area contributed by atoms with Crippen LogP contribution in [0.4, 0.5) is 0 Å². The van der Waals surface area contributed by atoms with Crippen molar-refractivity contribution in [2.24, 2.45) is 0 Å². The lowest BCUT2D eigenvalue weighted by Crippen LogP contribution is -1.96. The van der Waals surface area contributed by atoms with Crippen LogP contribution in [0.5, 0.6) is 11.5 Å². The van der Waals surface area contributed by atoms with Crippen molar-refractivity contribution < 1.29 is 9.47 Å². The smallest absolute Gasteiger partial charge is 0.161 e. The van der Waals surface area contributed by atoms with Gasteiger partial charge in [-0.1, -0.05) is 36.9 Å². The van der Waals surface area contributed by atoms with E-state index in [-0.39, 0.29) is 5.92 Å². The molecule has 1 atom stereocenters. The minimum Gasteiger partial charge on any atom is -0.493 e. The summed E-state index contributed by atoms with van der Waals surface area (Å²) < 4.78 is 10.6. The van der Waals surface area contributed by atoms with Crippen molar-refractivity contribution in [3.8, 4) is 17.6 Å². The SMILES string of the molecule is CCC(C#N)c1ccccc1Sc1ccc(OC)c(OC)c1. The fourth-order valence-corrected chi connectivity index (χ4v) is 3.28. The topological polar surface area (TPSA) is 42.2 Å². The number of methoxy groups -OCH3 is 2. The number of hydrogen-bond acceptors (Lipinski definition) is 4. The Balaban J connectivity index is 2.34. The van der Waals surface area contributed by atoms with Gasteiger partial charge in [0.15, 0.2) is 11.5 Å². The maximum Gasteiger partial charge on any atom is 0.161 e. The molecule has 0 amide bonds.